The molecule has 0 radical (unpaired) electrons. The van der Waals surface area contributed by atoms with Crippen molar-refractivity contribution >= 4 is 0 Å². The average molecular weight is 216 g/mol. The predicted molar refractivity (Wildman–Crippen MR) is 59.7 cm³/mol. The van der Waals surface area contributed by atoms with Gasteiger partial charge in [0.2, 0.25) is 0 Å². The van der Waals surface area contributed by atoms with Crippen LogP contribution in [0.15, 0.2) is 0 Å². The van der Waals surface area contributed by atoms with Crippen LogP contribution in [0.25, 0.3) is 0 Å². The molecular formula is C12H16N4. The number of nitriles is 1. The summed E-state index contributed by atoms with van der Waals surface area (Å²) in [5.74, 6) is 1.05. The molecule has 1 aromatic rings. The lowest BCUT2D eigenvalue weighted by Gasteiger charge is -2.16. The largest absolute Gasteiger partial charge is 0.330 e. The number of nitrogens with one attached hydrogen (secondary N) is 1. The molecule has 1 aliphatic carbocycles. The van der Waals surface area contributed by atoms with Gasteiger partial charge in [0.25, 0.3) is 0 Å². The topological polar surface area (TPSA) is 53.6 Å². The Morgan fingerprint density at radius 1 is 1.44 bits per heavy atom. The van der Waals surface area contributed by atoms with Gasteiger partial charge in [-0.2, -0.15) is 5.26 Å². The molecule has 1 N–H and O–H groups in total. The average Bonchev–Trinajstić information content (AvgIpc) is 3.08. The summed E-state index contributed by atoms with van der Waals surface area (Å²) in [4.78, 5) is 4.45. The molecule has 84 valence electrons. The summed E-state index contributed by atoms with van der Waals surface area (Å²) in [5.41, 5.74) is 1.80. The minimum atomic E-state index is 0.646. The molecular weight excluding hydrogens is 200 g/mol. The van der Waals surface area contributed by atoms with Crippen LogP contribution in [-0.4, -0.2) is 15.6 Å². The summed E-state index contributed by atoms with van der Waals surface area (Å²) in [5, 5.41) is 12.5. The van der Waals surface area contributed by atoms with Crippen molar-refractivity contribution in [2.75, 3.05) is 0 Å². The van der Waals surface area contributed by atoms with Crippen LogP contribution in [-0.2, 0) is 19.5 Å². The van der Waals surface area contributed by atoms with Gasteiger partial charge in [-0.1, -0.05) is 0 Å². The molecule has 0 bridgehead atoms. The molecule has 2 aliphatic rings. The maximum atomic E-state index is 9.05. The Balaban J connectivity index is 1.85. The van der Waals surface area contributed by atoms with Gasteiger partial charge in [0, 0.05) is 12.6 Å². The van der Waals surface area contributed by atoms with Crippen molar-refractivity contribution in [1.82, 2.24) is 14.9 Å². The second-order valence-corrected chi connectivity index (χ2v) is 4.70. The van der Waals surface area contributed by atoms with Crippen molar-refractivity contribution in [2.45, 2.75) is 51.2 Å². The number of aromatic nitrogens is 2. The van der Waals surface area contributed by atoms with E-state index in [2.05, 4.69) is 20.9 Å². The van der Waals surface area contributed by atoms with Crippen LogP contribution in [0, 0.1) is 11.3 Å². The molecule has 2 heterocycles. The molecule has 3 rings (SSSR count). The smallest absolute Gasteiger partial charge is 0.162 e. The Morgan fingerprint density at radius 2 is 2.31 bits per heavy atom. The Hall–Kier alpha value is -1.34. The molecule has 0 spiro atoms. The number of hydrogen-bond acceptors (Lipinski definition) is 3. The minimum absolute atomic E-state index is 0.646. The van der Waals surface area contributed by atoms with Crippen molar-refractivity contribution in [1.29, 1.82) is 5.26 Å². The van der Waals surface area contributed by atoms with Gasteiger partial charge in [-0.15, -0.1) is 0 Å². The summed E-state index contributed by atoms with van der Waals surface area (Å²) in [6.07, 6.45) is 6.00. The molecule has 1 aliphatic heterocycles. The van der Waals surface area contributed by atoms with Crippen LogP contribution in [0.4, 0.5) is 0 Å². The SMILES string of the molecule is N#Cc1nc(CNC2CC2)n2c1CCCC2. The molecule has 0 atom stereocenters. The zero-order valence-corrected chi connectivity index (χ0v) is 9.37. The number of nitrogens with zero attached hydrogens (tertiary/aromatic N) is 3. The van der Waals surface area contributed by atoms with Crippen molar-refractivity contribution in [3.8, 4) is 6.07 Å². The van der Waals surface area contributed by atoms with E-state index >= 15 is 0 Å². The van der Waals surface area contributed by atoms with Crippen LogP contribution in [0.3, 0.4) is 0 Å². The molecule has 16 heavy (non-hydrogen) atoms. The Bertz CT molecular complexity index is 437. The second-order valence-electron chi connectivity index (χ2n) is 4.70. The lowest BCUT2D eigenvalue weighted by Crippen LogP contribution is -2.21. The van der Waals surface area contributed by atoms with Crippen LogP contribution in [0.1, 0.15) is 42.9 Å². The molecule has 4 nitrogen and oxygen atoms in total. The van der Waals surface area contributed by atoms with Gasteiger partial charge in [-0.05, 0) is 32.1 Å². The highest BCUT2D eigenvalue weighted by atomic mass is 15.1. The Morgan fingerprint density at radius 3 is 3.06 bits per heavy atom. The standard InChI is InChI=1S/C12H16N4/c13-7-10-11-3-1-2-6-16(11)12(15-10)8-14-9-4-5-9/h9,14H,1-6,8H2. The molecule has 0 unspecified atom stereocenters. The van der Waals surface area contributed by atoms with Gasteiger partial charge in [0.15, 0.2) is 5.69 Å². The lowest BCUT2D eigenvalue weighted by atomic mass is 10.1. The summed E-state index contributed by atoms with van der Waals surface area (Å²) in [7, 11) is 0. The van der Waals surface area contributed by atoms with Gasteiger partial charge < -0.3 is 9.88 Å². The van der Waals surface area contributed by atoms with Crippen LogP contribution in [0.2, 0.25) is 0 Å². The van der Waals surface area contributed by atoms with Gasteiger partial charge in [0.05, 0.1) is 12.2 Å². The maximum Gasteiger partial charge on any atom is 0.162 e. The highest BCUT2D eigenvalue weighted by Gasteiger charge is 2.23. The van der Waals surface area contributed by atoms with E-state index in [1.165, 1.54) is 25.7 Å². The predicted octanol–water partition coefficient (Wildman–Crippen LogP) is 1.34. The first-order valence-corrected chi connectivity index (χ1v) is 6.10. The van der Waals surface area contributed by atoms with Crippen molar-refractivity contribution in [3.63, 3.8) is 0 Å². The molecule has 0 aromatic carbocycles. The van der Waals surface area contributed by atoms with E-state index in [0.29, 0.717) is 11.7 Å². The van der Waals surface area contributed by atoms with Crippen molar-refractivity contribution < 1.29 is 0 Å². The maximum absolute atomic E-state index is 9.05. The summed E-state index contributed by atoms with van der Waals surface area (Å²) in [6, 6.07) is 2.92. The first-order chi connectivity index (χ1) is 7.88. The molecule has 1 fully saturated rings. The third-order valence-corrected chi connectivity index (χ3v) is 3.43. The number of rotatable bonds is 3. The van der Waals surface area contributed by atoms with Gasteiger partial charge >= 0.3 is 0 Å². The molecule has 1 aromatic heterocycles. The van der Waals surface area contributed by atoms with Crippen molar-refractivity contribution in [2.24, 2.45) is 0 Å². The minimum Gasteiger partial charge on any atom is -0.330 e. The monoisotopic (exact) mass is 216 g/mol. The molecule has 0 amide bonds. The van der Waals surface area contributed by atoms with Gasteiger partial charge in [-0.3, -0.25) is 0 Å². The second kappa shape index (κ2) is 3.91. The quantitative estimate of drug-likeness (QED) is 0.829. The fraction of sp³-hybridized carbons (Fsp3) is 0.667. The zero-order valence-electron chi connectivity index (χ0n) is 9.37. The molecule has 0 saturated heterocycles. The van der Waals surface area contributed by atoms with E-state index in [0.717, 1.165) is 31.0 Å². The number of hydrogen-bond donors (Lipinski definition) is 1. The number of imidazole rings is 1. The Kier molecular flexibility index (Phi) is 2.41. The van der Waals surface area contributed by atoms with E-state index in [9.17, 15) is 0 Å². The third kappa shape index (κ3) is 1.72. The first kappa shape index (κ1) is 9.86. The first-order valence-electron chi connectivity index (χ1n) is 6.10. The van der Waals surface area contributed by atoms with E-state index in [-0.39, 0.29) is 0 Å². The van der Waals surface area contributed by atoms with Crippen LogP contribution in [0.5, 0.6) is 0 Å². The third-order valence-electron chi connectivity index (χ3n) is 3.43. The van der Waals surface area contributed by atoms with E-state index in [1.54, 1.807) is 0 Å². The van der Waals surface area contributed by atoms with Crippen LogP contribution < -0.4 is 5.32 Å². The summed E-state index contributed by atoms with van der Waals surface area (Å²) in [6.45, 7) is 1.85. The fourth-order valence-corrected chi connectivity index (χ4v) is 2.36. The van der Waals surface area contributed by atoms with Gasteiger partial charge in [0.1, 0.15) is 11.9 Å². The van der Waals surface area contributed by atoms with E-state index in [4.69, 9.17) is 5.26 Å². The Labute approximate surface area is 95.3 Å². The normalized spacial score (nSPS) is 19.2. The molecule has 1 saturated carbocycles. The lowest BCUT2D eigenvalue weighted by molar-refractivity contribution is 0.501. The van der Waals surface area contributed by atoms with E-state index < -0.39 is 0 Å². The zero-order chi connectivity index (χ0) is 11.0. The van der Waals surface area contributed by atoms with Gasteiger partial charge in [-0.25, -0.2) is 4.98 Å². The fourth-order valence-electron chi connectivity index (χ4n) is 2.36. The summed E-state index contributed by atoms with van der Waals surface area (Å²) >= 11 is 0. The van der Waals surface area contributed by atoms with Crippen LogP contribution >= 0.6 is 0 Å². The number of fused-ring (bicyclic) bond motifs is 1. The van der Waals surface area contributed by atoms with Crippen molar-refractivity contribution in [3.05, 3.63) is 17.2 Å². The highest BCUT2D eigenvalue weighted by Crippen LogP contribution is 2.22. The summed E-state index contributed by atoms with van der Waals surface area (Å²) < 4.78 is 2.25. The van der Waals surface area contributed by atoms with E-state index in [1.807, 2.05) is 0 Å². The highest BCUT2D eigenvalue weighted by molar-refractivity contribution is 5.30. The molecule has 4 heteroatoms.